The molecular formula is C15H14Cl3N5OS. The van der Waals surface area contributed by atoms with Gasteiger partial charge in [0.15, 0.2) is 16.0 Å². The molecule has 0 saturated carbocycles. The van der Waals surface area contributed by atoms with E-state index in [0.717, 1.165) is 16.8 Å². The summed E-state index contributed by atoms with van der Waals surface area (Å²) in [6, 6.07) is 5.84. The molecule has 0 aliphatic carbocycles. The number of hydrogen-bond donors (Lipinski definition) is 4. The third-order valence-corrected chi connectivity index (χ3v) is 4.55. The molecule has 1 heterocycles. The fraction of sp³-hybridized carbons (Fsp3) is 0.133. The quantitative estimate of drug-likeness (QED) is 0.336. The van der Waals surface area contributed by atoms with Crippen LogP contribution in [0.5, 0.6) is 0 Å². The molecule has 0 saturated heterocycles. The smallest absolute Gasteiger partial charge is 0.289 e. The van der Waals surface area contributed by atoms with Crippen molar-refractivity contribution in [1.82, 2.24) is 15.8 Å². The molecule has 0 radical (unpaired) electrons. The molecule has 2 aromatic rings. The summed E-state index contributed by atoms with van der Waals surface area (Å²) in [7, 11) is 0. The van der Waals surface area contributed by atoms with Crippen LogP contribution in [0.3, 0.4) is 0 Å². The highest BCUT2D eigenvalue weighted by molar-refractivity contribution is 7.80. The summed E-state index contributed by atoms with van der Waals surface area (Å²) in [5, 5.41) is 2.93. The van der Waals surface area contributed by atoms with Crippen LogP contribution in [0.4, 0.5) is 11.4 Å². The molecule has 0 fully saturated rings. The molecule has 0 unspecified atom stereocenters. The van der Waals surface area contributed by atoms with E-state index in [1.54, 1.807) is 0 Å². The first-order chi connectivity index (χ1) is 11.7. The number of halogens is 3. The van der Waals surface area contributed by atoms with Gasteiger partial charge in [-0.1, -0.05) is 52.5 Å². The van der Waals surface area contributed by atoms with Gasteiger partial charge in [-0.15, -0.1) is 0 Å². The monoisotopic (exact) mass is 417 g/mol. The van der Waals surface area contributed by atoms with Crippen molar-refractivity contribution in [3.63, 3.8) is 0 Å². The average molecular weight is 419 g/mol. The zero-order valence-electron chi connectivity index (χ0n) is 13.2. The second-order valence-corrected chi connectivity index (χ2v) is 6.67. The Bertz CT molecular complexity index is 860. The number of carbonyl (C=O) groups is 1. The third-order valence-electron chi connectivity index (χ3n) is 3.21. The first-order valence-electron chi connectivity index (χ1n) is 6.95. The molecule has 0 spiro atoms. The Morgan fingerprint density at radius 2 is 1.84 bits per heavy atom. The van der Waals surface area contributed by atoms with Crippen LogP contribution < -0.4 is 21.9 Å². The summed E-state index contributed by atoms with van der Waals surface area (Å²) >= 11 is 22.8. The minimum Gasteiger partial charge on any atom is -0.396 e. The van der Waals surface area contributed by atoms with Gasteiger partial charge >= 0.3 is 0 Å². The van der Waals surface area contributed by atoms with Crippen molar-refractivity contribution in [3.8, 4) is 0 Å². The number of hydrogen-bond acceptors (Lipinski definition) is 4. The number of hydrazine groups is 1. The summed E-state index contributed by atoms with van der Waals surface area (Å²) in [6.45, 7) is 3.94. The summed E-state index contributed by atoms with van der Waals surface area (Å²) < 4.78 is 0. The van der Waals surface area contributed by atoms with E-state index in [4.69, 9.17) is 52.8 Å². The lowest BCUT2D eigenvalue weighted by atomic mass is 10.1. The SMILES string of the molecule is Cc1ccc(NC(=S)NNC(=O)c2nc(Cl)c(Cl)c(N)c2Cl)c(C)c1. The van der Waals surface area contributed by atoms with E-state index in [2.05, 4.69) is 21.2 Å². The van der Waals surface area contributed by atoms with E-state index in [1.165, 1.54) is 0 Å². The van der Waals surface area contributed by atoms with Gasteiger partial charge < -0.3 is 11.1 Å². The van der Waals surface area contributed by atoms with Gasteiger partial charge in [0.05, 0.1) is 10.7 Å². The first-order valence-corrected chi connectivity index (χ1v) is 8.49. The Kier molecular flexibility index (Phi) is 6.29. The van der Waals surface area contributed by atoms with Crippen LogP contribution >= 0.6 is 47.0 Å². The maximum atomic E-state index is 12.2. The van der Waals surface area contributed by atoms with Crippen LogP contribution in [-0.2, 0) is 0 Å². The number of benzene rings is 1. The summed E-state index contributed by atoms with van der Waals surface area (Å²) in [5.74, 6) is -0.667. The van der Waals surface area contributed by atoms with Crippen molar-refractivity contribution in [2.75, 3.05) is 11.1 Å². The van der Waals surface area contributed by atoms with Crippen molar-refractivity contribution in [2.45, 2.75) is 13.8 Å². The Hall–Kier alpha value is -1.80. The molecule has 132 valence electrons. The van der Waals surface area contributed by atoms with Crippen LogP contribution in [0.15, 0.2) is 18.2 Å². The molecule has 0 bridgehead atoms. The second-order valence-electron chi connectivity index (χ2n) is 5.14. The normalized spacial score (nSPS) is 10.3. The second kappa shape index (κ2) is 8.05. The van der Waals surface area contributed by atoms with Gasteiger partial charge in [0.25, 0.3) is 5.91 Å². The van der Waals surface area contributed by atoms with E-state index in [-0.39, 0.29) is 31.7 Å². The molecule has 25 heavy (non-hydrogen) atoms. The third kappa shape index (κ3) is 4.64. The highest BCUT2D eigenvalue weighted by Gasteiger charge is 2.19. The fourth-order valence-corrected chi connectivity index (χ4v) is 2.72. The maximum absolute atomic E-state index is 12.2. The number of anilines is 2. The van der Waals surface area contributed by atoms with Crippen molar-refractivity contribution in [1.29, 1.82) is 0 Å². The van der Waals surface area contributed by atoms with Gasteiger partial charge in [-0.25, -0.2) is 4.98 Å². The van der Waals surface area contributed by atoms with Crippen LogP contribution in [0.25, 0.3) is 0 Å². The molecular weight excluding hydrogens is 405 g/mol. The van der Waals surface area contributed by atoms with Crippen LogP contribution in [0.2, 0.25) is 15.2 Å². The minimum absolute atomic E-state index is 0.0109. The van der Waals surface area contributed by atoms with Crippen molar-refractivity contribution < 1.29 is 4.79 Å². The molecule has 1 amide bonds. The predicted molar refractivity (Wildman–Crippen MR) is 106 cm³/mol. The number of carbonyl (C=O) groups excluding carboxylic acids is 1. The Morgan fingerprint density at radius 3 is 2.48 bits per heavy atom. The lowest BCUT2D eigenvalue weighted by molar-refractivity contribution is 0.0939. The number of nitrogens with one attached hydrogen (secondary N) is 3. The minimum atomic E-state index is -0.667. The molecule has 1 aromatic heterocycles. The van der Waals surface area contributed by atoms with Crippen LogP contribution in [-0.4, -0.2) is 16.0 Å². The number of rotatable bonds is 2. The number of aromatic nitrogens is 1. The molecule has 0 aliphatic heterocycles. The zero-order valence-corrected chi connectivity index (χ0v) is 16.3. The molecule has 0 atom stereocenters. The number of amides is 1. The van der Waals surface area contributed by atoms with Crippen molar-refractivity contribution >= 4 is 69.4 Å². The lowest BCUT2D eigenvalue weighted by Gasteiger charge is -2.14. The van der Waals surface area contributed by atoms with E-state index in [0.29, 0.717) is 0 Å². The van der Waals surface area contributed by atoms with Crippen molar-refractivity contribution in [3.05, 3.63) is 50.2 Å². The molecule has 5 N–H and O–H groups in total. The first kappa shape index (κ1) is 19.5. The number of thiocarbonyl (C=S) groups is 1. The number of nitrogen functional groups attached to an aromatic ring is 1. The molecule has 6 nitrogen and oxygen atoms in total. The van der Waals surface area contributed by atoms with E-state index < -0.39 is 5.91 Å². The van der Waals surface area contributed by atoms with E-state index in [9.17, 15) is 4.79 Å². The van der Waals surface area contributed by atoms with Crippen LogP contribution in [0, 0.1) is 13.8 Å². The standard InChI is InChI=1S/C15H14Cl3N5OS/c1-6-3-4-8(7(2)5-6)20-15(25)23-22-14(24)12-9(16)11(19)10(17)13(18)21-12/h3-5H,1-2H3,(H2,19,21)(H,22,24)(H2,20,23,25). The number of pyridine rings is 1. The van der Waals surface area contributed by atoms with Gasteiger partial charge in [-0.3, -0.25) is 15.6 Å². The van der Waals surface area contributed by atoms with Gasteiger partial charge in [0.2, 0.25) is 0 Å². The Labute approximate surface area is 165 Å². The predicted octanol–water partition coefficient (Wildman–Crippen LogP) is 3.87. The van der Waals surface area contributed by atoms with E-state index in [1.807, 2.05) is 32.0 Å². The highest BCUT2D eigenvalue weighted by Crippen LogP contribution is 2.34. The number of nitrogens with two attached hydrogens (primary N) is 1. The topological polar surface area (TPSA) is 92.1 Å². The van der Waals surface area contributed by atoms with Crippen LogP contribution in [0.1, 0.15) is 21.6 Å². The number of nitrogens with zero attached hydrogens (tertiary/aromatic N) is 1. The molecule has 10 heteroatoms. The Balaban J connectivity index is 2.04. The molecule has 2 rings (SSSR count). The summed E-state index contributed by atoms with van der Waals surface area (Å²) in [4.78, 5) is 16.0. The summed E-state index contributed by atoms with van der Waals surface area (Å²) in [5.41, 5.74) is 13.4. The summed E-state index contributed by atoms with van der Waals surface area (Å²) in [6.07, 6.45) is 0. The lowest BCUT2D eigenvalue weighted by Crippen LogP contribution is -2.44. The molecule has 1 aromatic carbocycles. The zero-order chi connectivity index (χ0) is 18.7. The van der Waals surface area contributed by atoms with Gasteiger partial charge in [0, 0.05) is 5.69 Å². The maximum Gasteiger partial charge on any atom is 0.289 e. The highest BCUT2D eigenvalue weighted by atomic mass is 35.5. The van der Waals surface area contributed by atoms with E-state index >= 15 is 0 Å². The largest absolute Gasteiger partial charge is 0.396 e. The van der Waals surface area contributed by atoms with Gasteiger partial charge in [0.1, 0.15) is 5.02 Å². The Morgan fingerprint density at radius 1 is 1.16 bits per heavy atom. The van der Waals surface area contributed by atoms with Crippen molar-refractivity contribution in [2.24, 2.45) is 0 Å². The number of aryl methyl sites for hydroxylation is 2. The average Bonchev–Trinajstić information content (AvgIpc) is 2.56. The van der Waals surface area contributed by atoms with Gasteiger partial charge in [-0.05, 0) is 37.7 Å². The fourth-order valence-electron chi connectivity index (χ4n) is 1.96. The molecule has 0 aliphatic rings. The van der Waals surface area contributed by atoms with Gasteiger partial charge in [-0.2, -0.15) is 0 Å².